The topological polar surface area (TPSA) is 49.1 Å². The highest BCUT2D eigenvalue weighted by Gasteiger charge is 2.22. The molecule has 21 heavy (non-hydrogen) atoms. The van der Waals surface area contributed by atoms with Gasteiger partial charge in [0, 0.05) is 12.6 Å². The fraction of sp³-hybridized carbons (Fsp3) is 0.750. The van der Waals surface area contributed by atoms with Crippen LogP contribution in [0.5, 0.6) is 0 Å². The van der Waals surface area contributed by atoms with E-state index in [4.69, 9.17) is 9.15 Å². The maximum absolute atomic E-state index is 10.1. The lowest BCUT2D eigenvalue weighted by atomic mass is 10.0. The Bertz CT molecular complexity index is 375. The maximum Gasteiger partial charge on any atom is 0.129 e. The van der Waals surface area contributed by atoms with Crippen molar-refractivity contribution < 1.29 is 14.3 Å². The van der Waals surface area contributed by atoms with Crippen molar-refractivity contribution in [3.8, 4) is 0 Å². The highest BCUT2D eigenvalue weighted by atomic mass is 16.5. The summed E-state index contributed by atoms with van der Waals surface area (Å²) < 4.78 is 10.7. The number of nitrogens with zero attached hydrogens (tertiary/aromatic N) is 2. The van der Waals surface area contributed by atoms with E-state index in [2.05, 4.69) is 23.8 Å². The molecule has 0 bridgehead atoms. The Balaban J connectivity index is 1.61. The minimum Gasteiger partial charge on any atom is -0.467 e. The van der Waals surface area contributed by atoms with Crippen LogP contribution in [-0.4, -0.2) is 66.9 Å². The molecule has 0 radical (unpaired) electrons. The molecule has 1 aliphatic heterocycles. The number of likely N-dealkylation sites (tertiary alicyclic amines) is 1. The fourth-order valence-electron chi connectivity index (χ4n) is 2.90. The van der Waals surface area contributed by atoms with Gasteiger partial charge in [-0.25, -0.2) is 0 Å². The van der Waals surface area contributed by atoms with Gasteiger partial charge in [0.2, 0.25) is 0 Å². The third-order valence-corrected chi connectivity index (χ3v) is 4.26. The Morgan fingerprint density at radius 2 is 2.24 bits per heavy atom. The van der Waals surface area contributed by atoms with Crippen molar-refractivity contribution in [1.29, 1.82) is 0 Å². The van der Waals surface area contributed by atoms with E-state index in [1.165, 1.54) is 12.8 Å². The van der Waals surface area contributed by atoms with E-state index in [-0.39, 0.29) is 0 Å². The fourth-order valence-corrected chi connectivity index (χ4v) is 2.90. The molecule has 1 aromatic heterocycles. The Morgan fingerprint density at radius 1 is 1.48 bits per heavy atom. The Hall–Kier alpha value is -0.880. The highest BCUT2D eigenvalue weighted by Crippen LogP contribution is 2.15. The van der Waals surface area contributed by atoms with Crippen molar-refractivity contribution in [2.75, 3.05) is 39.8 Å². The molecule has 0 amide bonds. The zero-order valence-corrected chi connectivity index (χ0v) is 13.2. The molecule has 5 heteroatoms. The molecule has 1 fully saturated rings. The predicted molar refractivity (Wildman–Crippen MR) is 82.1 cm³/mol. The molecule has 2 rings (SSSR count). The first-order valence-electron chi connectivity index (χ1n) is 7.89. The zero-order valence-electron chi connectivity index (χ0n) is 13.2. The van der Waals surface area contributed by atoms with Gasteiger partial charge >= 0.3 is 0 Å². The van der Waals surface area contributed by atoms with Crippen molar-refractivity contribution in [2.45, 2.75) is 38.5 Å². The summed E-state index contributed by atoms with van der Waals surface area (Å²) in [6.45, 7) is 7.10. The molecule has 1 unspecified atom stereocenters. The molecule has 1 atom stereocenters. The normalized spacial score (nSPS) is 19.2. The van der Waals surface area contributed by atoms with Crippen molar-refractivity contribution in [1.82, 2.24) is 9.80 Å². The lowest BCUT2D eigenvalue weighted by Gasteiger charge is -2.37. The number of hydrogen-bond acceptors (Lipinski definition) is 5. The van der Waals surface area contributed by atoms with Gasteiger partial charge < -0.3 is 24.1 Å². The Morgan fingerprint density at radius 3 is 2.86 bits per heavy atom. The average Bonchev–Trinajstić information content (AvgIpc) is 3.00. The third-order valence-electron chi connectivity index (χ3n) is 4.26. The van der Waals surface area contributed by atoms with Crippen LogP contribution in [0.2, 0.25) is 0 Å². The zero-order chi connectivity index (χ0) is 15.1. The molecule has 0 saturated carbocycles. The molecule has 5 nitrogen and oxygen atoms in total. The van der Waals surface area contributed by atoms with Crippen molar-refractivity contribution in [3.63, 3.8) is 0 Å². The molecule has 0 aromatic carbocycles. The molecular formula is C16H28N2O3. The summed E-state index contributed by atoms with van der Waals surface area (Å²) in [7, 11) is 2.10. The van der Waals surface area contributed by atoms with Crippen molar-refractivity contribution >= 4 is 0 Å². The third kappa shape index (κ3) is 5.43. The van der Waals surface area contributed by atoms with Crippen LogP contribution in [-0.2, 0) is 11.3 Å². The first-order valence-corrected chi connectivity index (χ1v) is 7.89. The number of piperidine rings is 1. The largest absolute Gasteiger partial charge is 0.467 e. The lowest BCUT2D eigenvalue weighted by Crippen LogP contribution is -2.46. The number of aliphatic hydroxyl groups excluding tert-OH is 1. The Labute approximate surface area is 127 Å². The van der Waals surface area contributed by atoms with Crippen LogP contribution in [0, 0.1) is 0 Å². The van der Waals surface area contributed by atoms with E-state index in [1.807, 2.05) is 12.1 Å². The molecule has 1 saturated heterocycles. The molecule has 1 N–H and O–H groups in total. The Kier molecular flexibility index (Phi) is 6.70. The molecule has 2 heterocycles. The monoisotopic (exact) mass is 296 g/mol. The van der Waals surface area contributed by atoms with E-state index < -0.39 is 6.10 Å². The number of hydrogen-bond donors (Lipinski definition) is 1. The van der Waals surface area contributed by atoms with Crippen LogP contribution >= 0.6 is 0 Å². The summed E-state index contributed by atoms with van der Waals surface area (Å²) in [5, 5.41) is 10.1. The van der Waals surface area contributed by atoms with Gasteiger partial charge in [-0.05, 0) is 51.7 Å². The minimum absolute atomic E-state index is 0.346. The van der Waals surface area contributed by atoms with Gasteiger partial charge in [0.1, 0.15) is 12.4 Å². The van der Waals surface area contributed by atoms with Crippen LogP contribution in [0.15, 0.2) is 22.8 Å². The average molecular weight is 296 g/mol. The number of aliphatic hydroxyl groups is 1. The van der Waals surface area contributed by atoms with Crippen LogP contribution < -0.4 is 0 Å². The first-order chi connectivity index (χ1) is 10.2. The van der Waals surface area contributed by atoms with E-state index in [1.54, 1.807) is 6.26 Å². The van der Waals surface area contributed by atoms with Crippen LogP contribution in [0.1, 0.15) is 25.5 Å². The van der Waals surface area contributed by atoms with E-state index in [0.717, 1.165) is 25.4 Å². The summed E-state index contributed by atoms with van der Waals surface area (Å²) in [6, 6.07) is 4.29. The summed E-state index contributed by atoms with van der Waals surface area (Å²) in [4.78, 5) is 4.75. The van der Waals surface area contributed by atoms with E-state index >= 15 is 0 Å². The quantitative estimate of drug-likeness (QED) is 0.789. The lowest BCUT2D eigenvalue weighted by molar-refractivity contribution is -0.00187. The summed E-state index contributed by atoms with van der Waals surface area (Å²) in [5.41, 5.74) is 0. The molecular weight excluding hydrogens is 268 g/mol. The second kappa shape index (κ2) is 8.54. The van der Waals surface area contributed by atoms with Crippen molar-refractivity contribution in [3.05, 3.63) is 24.2 Å². The molecule has 1 aromatic rings. The predicted octanol–water partition coefficient (Wildman–Crippen LogP) is 1.57. The first kappa shape index (κ1) is 16.5. The van der Waals surface area contributed by atoms with Crippen molar-refractivity contribution in [2.24, 2.45) is 0 Å². The minimum atomic E-state index is -0.450. The molecule has 0 spiro atoms. The van der Waals surface area contributed by atoms with Gasteiger partial charge in [-0.15, -0.1) is 0 Å². The van der Waals surface area contributed by atoms with Crippen LogP contribution in [0.3, 0.4) is 0 Å². The number of furan rings is 1. The smallest absolute Gasteiger partial charge is 0.129 e. The standard InChI is InChI=1S/C16H28N2O3/c1-3-18-8-6-14(7-9-18)17(2)11-15(19)12-20-13-16-5-4-10-21-16/h4-5,10,14-15,19H,3,6-9,11-13H2,1-2H3. The molecule has 1 aliphatic rings. The second-order valence-corrected chi connectivity index (χ2v) is 5.85. The summed E-state index contributed by atoms with van der Waals surface area (Å²) in [5.74, 6) is 0.794. The van der Waals surface area contributed by atoms with Crippen LogP contribution in [0.4, 0.5) is 0 Å². The highest BCUT2D eigenvalue weighted by molar-refractivity contribution is 4.96. The van der Waals surface area contributed by atoms with E-state index in [0.29, 0.717) is 25.8 Å². The van der Waals surface area contributed by atoms with Gasteiger partial charge in [-0.2, -0.15) is 0 Å². The van der Waals surface area contributed by atoms with Gasteiger partial charge in [0.15, 0.2) is 0 Å². The van der Waals surface area contributed by atoms with E-state index in [9.17, 15) is 5.11 Å². The number of rotatable bonds is 8. The second-order valence-electron chi connectivity index (χ2n) is 5.85. The van der Waals surface area contributed by atoms with Gasteiger partial charge in [0.05, 0.1) is 19.0 Å². The molecule has 120 valence electrons. The number of likely N-dealkylation sites (N-methyl/N-ethyl adjacent to an activating group) is 1. The van der Waals surface area contributed by atoms with Gasteiger partial charge in [-0.1, -0.05) is 6.92 Å². The summed E-state index contributed by atoms with van der Waals surface area (Å²) >= 11 is 0. The SMILES string of the molecule is CCN1CCC(N(C)CC(O)COCc2ccco2)CC1. The van der Waals surface area contributed by atoms with Crippen LogP contribution in [0.25, 0.3) is 0 Å². The van der Waals surface area contributed by atoms with Gasteiger partial charge in [0.25, 0.3) is 0 Å². The maximum atomic E-state index is 10.1. The number of ether oxygens (including phenoxy) is 1. The molecule has 0 aliphatic carbocycles. The summed E-state index contributed by atoms with van der Waals surface area (Å²) in [6.07, 6.45) is 3.55. The van der Waals surface area contributed by atoms with Gasteiger partial charge in [-0.3, -0.25) is 0 Å².